The molecule has 1 aromatic rings. The van der Waals surface area contributed by atoms with Gasteiger partial charge in [0.2, 0.25) is 0 Å². The van der Waals surface area contributed by atoms with Crippen LogP contribution in [0, 0.1) is 11.8 Å². The molecule has 1 unspecified atom stereocenters. The van der Waals surface area contributed by atoms with Crippen LogP contribution in [0.2, 0.25) is 0 Å². The van der Waals surface area contributed by atoms with Gasteiger partial charge < -0.3 is 11.1 Å². The first-order valence-corrected chi connectivity index (χ1v) is 7.02. The van der Waals surface area contributed by atoms with Crippen LogP contribution in [-0.2, 0) is 0 Å². The Labute approximate surface area is 114 Å². The van der Waals surface area contributed by atoms with Gasteiger partial charge in [-0.1, -0.05) is 29.8 Å². The molecule has 1 atom stereocenters. The van der Waals surface area contributed by atoms with Crippen LogP contribution in [0.5, 0.6) is 0 Å². The number of nitrogens with one attached hydrogen (secondary N) is 1. The first kappa shape index (κ1) is 14.0. The molecule has 0 saturated carbocycles. The summed E-state index contributed by atoms with van der Waals surface area (Å²) in [6.07, 6.45) is 0. The summed E-state index contributed by atoms with van der Waals surface area (Å²) >= 11 is 6.99. The minimum Gasteiger partial charge on any atom is -0.384 e. The van der Waals surface area contributed by atoms with Crippen LogP contribution in [0.1, 0.15) is 13.8 Å². The van der Waals surface area contributed by atoms with Crippen LogP contribution < -0.4 is 11.1 Å². The number of anilines is 1. The highest BCUT2D eigenvalue weighted by Crippen LogP contribution is 2.26. The molecule has 1 aromatic carbocycles. The van der Waals surface area contributed by atoms with Crippen LogP contribution in [0.3, 0.4) is 0 Å². The number of halogens is 2. The van der Waals surface area contributed by atoms with Crippen molar-refractivity contribution in [2.24, 2.45) is 17.6 Å². The van der Waals surface area contributed by atoms with Gasteiger partial charge in [-0.25, -0.2) is 0 Å². The maximum absolute atomic E-state index is 5.74. The van der Waals surface area contributed by atoms with Crippen molar-refractivity contribution in [1.29, 1.82) is 0 Å². The largest absolute Gasteiger partial charge is 0.384 e. The monoisotopic (exact) mass is 348 g/mol. The summed E-state index contributed by atoms with van der Waals surface area (Å²) in [5, 5.41) is 3.43. The van der Waals surface area contributed by atoms with Crippen molar-refractivity contribution in [3.8, 4) is 0 Å². The summed E-state index contributed by atoms with van der Waals surface area (Å²) in [5.74, 6) is 1.11. The molecule has 0 fully saturated rings. The summed E-state index contributed by atoms with van der Waals surface area (Å²) in [4.78, 5) is 0. The summed E-state index contributed by atoms with van der Waals surface area (Å²) in [5.41, 5.74) is 6.85. The molecular formula is C12H18Br2N2. The normalized spacial score (nSPS) is 12.9. The van der Waals surface area contributed by atoms with Gasteiger partial charge in [-0.3, -0.25) is 0 Å². The maximum atomic E-state index is 5.74. The van der Waals surface area contributed by atoms with E-state index in [4.69, 9.17) is 5.73 Å². The third-order valence-corrected chi connectivity index (χ3v) is 3.91. The number of benzene rings is 1. The lowest BCUT2D eigenvalue weighted by Crippen LogP contribution is -2.27. The number of hydrogen-bond acceptors (Lipinski definition) is 2. The highest BCUT2D eigenvalue weighted by molar-refractivity contribution is 9.11. The number of rotatable bonds is 5. The van der Waals surface area contributed by atoms with Crippen LogP contribution in [0.15, 0.2) is 27.1 Å². The van der Waals surface area contributed by atoms with E-state index < -0.39 is 0 Å². The Morgan fingerprint density at radius 2 is 2.00 bits per heavy atom. The van der Waals surface area contributed by atoms with Crippen molar-refractivity contribution in [1.82, 2.24) is 0 Å². The lowest BCUT2D eigenvalue weighted by Gasteiger charge is -2.20. The molecule has 3 N–H and O–H groups in total. The highest BCUT2D eigenvalue weighted by Gasteiger charge is 2.11. The van der Waals surface area contributed by atoms with Crippen LogP contribution in [0.25, 0.3) is 0 Å². The Kier molecular flexibility index (Phi) is 5.79. The third-order valence-electron chi connectivity index (χ3n) is 2.73. The molecule has 0 amide bonds. The summed E-state index contributed by atoms with van der Waals surface area (Å²) < 4.78 is 2.15. The fourth-order valence-electron chi connectivity index (χ4n) is 1.47. The van der Waals surface area contributed by atoms with Crippen molar-refractivity contribution in [3.05, 3.63) is 27.1 Å². The fourth-order valence-corrected chi connectivity index (χ4v) is 2.21. The minimum atomic E-state index is 0.505. The average Bonchev–Trinajstić information content (AvgIpc) is 2.23. The Balaban J connectivity index is 2.63. The van der Waals surface area contributed by atoms with E-state index >= 15 is 0 Å². The van der Waals surface area contributed by atoms with E-state index in [2.05, 4.69) is 57.1 Å². The second-order valence-corrected chi connectivity index (χ2v) is 6.01. The number of nitrogens with two attached hydrogens (primary N) is 1. The molecular weight excluding hydrogens is 332 g/mol. The first-order chi connectivity index (χ1) is 7.54. The molecule has 0 saturated heterocycles. The summed E-state index contributed by atoms with van der Waals surface area (Å²) in [6, 6.07) is 6.11. The van der Waals surface area contributed by atoms with Gasteiger partial charge in [0.1, 0.15) is 0 Å². The highest BCUT2D eigenvalue weighted by atomic mass is 79.9. The first-order valence-electron chi connectivity index (χ1n) is 5.43. The molecule has 0 aliphatic carbocycles. The molecule has 1 rings (SSSR count). The van der Waals surface area contributed by atoms with E-state index in [0.717, 1.165) is 27.7 Å². The standard InChI is InChI=1S/C12H18Br2N2/c1-8(2)9(6-15)7-16-12-5-10(13)3-4-11(12)14/h3-5,8-9,16H,6-7,15H2,1-2H3. The lowest BCUT2D eigenvalue weighted by atomic mass is 9.96. The van der Waals surface area contributed by atoms with Crippen molar-refractivity contribution in [2.45, 2.75) is 13.8 Å². The molecule has 0 spiro atoms. The van der Waals surface area contributed by atoms with Gasteiger partial charge in [0.25, 0.3) is 0 Å². The van der Waals surface area contributed by atoms with E-state index in [-0.39, 0.29) is 0 Å². The van der Waals surface area contributed by atoms with Gasteiger partial charge in [-0.15, -0.1) is 0 Å². The third kappa shape index (κ3) is 4.07. The molecule has 16 heavy (non-hydrogen) atoms. The molecule has 0 radical (unpaired) electrons. The maximum Gasteiger partial charge on any atom is 0.0496 e. The summed E-state index contributed by atoms with van der Waals surface area (Å²) in [7, 11) is 0. The molecule has 0 heterocycles. The van der Waals surface area contributed by atoms with Crippen molar-refractivity contribution >= 4 is 37.5 Å². The Morgan fingerprint density at radius 1 is 1.31 bits per heavy atom. The second kappa shape index (κ2) is 6.62. The van der Waals surface area contributed by atoms with Gasteiger partial charge in [0, 0.05) is 21.2 Å². The Morgan fingerprint density at radius 3 is 2.56 bits per heavy atom. The lowest BCUT2D eigenvalue weighted by molar-refractivity contribution is 0.413. The van der Waals surface area contributed by atoms with Gasteiger partial charge in [0.05, 0.1) is 0 Å². The van der Waals surface area contributed by atoms with Crippen molar-refractivity contribution in [2.75, 3.05) is 18.4 Å². The van der Waals surface area contributed by atoms with Crippen molar-refractivity contribution < 1.29 is 0 Å². The Bertz CT molecular complexity index is 340. The van der Waals surface area contributed by atoms with Crippen LogP contribution >= 0.6 is 31.9 Å². The quantitative estimate of drug-likeness (QED) is 0.847. The molecule has 2 nitrogen and oxygen atoms in total. The van der Waals surface area contributed by atoms with E-state index in [1.165, 1.54) is 0 Å². The predicted octanol–water partition coefficient (Wildman–Crippen LogP) is 3.85. The van der Waals surface area contributed by atoms with Gasteiger partial charge in [0.15, 0.2) is 0 Å². The Hall–Kier alpha value is -0.0600. The van der Waals surface area contributed by atoms with Gasteiger partial charge >= 0.3 is 0 Å². The topological polar surface area (TPSA) is 38.0 Å². The molecule has 0 aromatic heterocycles. The van der Waals surface area contributed by atoms with Gasteiger partial charge in [-0.05, 0) is 52.5 Å². The molecule has 0 bridgehead atoms. The van der Waals surface area contributed by atoms with E-state index in [1.54, 1.807) is 0 Å². The van der Waals surface area contributed by atoms with Crippen molar-refractivity contribution in [3.63, 3.8) is 0 Å². The zero-order valence-electron chi connectivity index (χ0n) is 9.63. The smallest absolute Gasteiger partial charge is 0.0496 e. The average molecular weight is 350 g/mol. The molecule has 4 heteroatoms. The zero-order valence-corrected chi connectivity index (χ0v) is 12.8. The SMILES string of the molecule is CC(C)C(CN)CNc1cc(Br)ccc1Br. The second-order valence-electron chi connectivity index (χ2n) is 4.24. The van der Waals surface area contributed by atoms with E-state index in [0.29, 0.717) is 11.8 Å². The number of hydrogen-bond donors (Lipinski definition) is 2. The summed E-state index contributed by atoms with van der Waals surface area (Å²) in [6.45, 7) is 6.03. The predicted molar refractivity (Wildman–Crippen MR) is 77.7 cm³/mol. The van der Waals surface area contributed by atoms with E-state index in [1.807, 2.05) is 12.1 Å². The van der Waals surface area contributed by atoms with Crippen LogP contribution in [0.4, 0.5) is 5.69 Å². The zero-order chi connectivity index (χ0) is 12.1. The van der Waals surface area contributed by atoms with Gasteiger partial charge in [-0.2, -0.15) is 0 Å². The minimum absolute atomic E-state index is 0.505. The fraction of sp³-hybridized carbons (Fsp3) is 0.500. The molecule has 0 aliphatic heterocycles. The van der Waals surface area contributed by atoms with E-state index in [9.17, 15) is 0 Å². The van der Waals surface area contributed by atoms with Crippen LogP contribution in [-0.4, -0.2) is 13.1 Å². The molecule has 90 valence electrons. The molecule has 0 aliphatic rings.